The van der Waals surface area contributed by atoms with Crippen molar-refractivity contribution in [2.75, 3.05) is 23.4 Å². The molecule has 29 heavy (non-hydrogen) atoms. The minimum absolute atomic E-state index is 0.0345. The van der Waals surface area contributed by atoms with Gasteiger partial charge in [-0.25, -0.2) is 0 Å². The molecule has 7 heteroatoms. The van der Waals surface area contributed by atoms with Crippen molar-refractivity contribution in [3.8, 4) is 5.75 Å². The highest BCUT2D eigenvalue weighted by atomic mass is 16.5. The van der Waals surface area contributed by atoms with Gasteiger partial charge in [0, 0.05) is 17.3 Å². The van der Waals surface area contributed by atoms with Gasteiger partial charge in [0.05, 0.1) is 5.69 Å². The van der Waals surface area contributed by atoms with E-state index >= 15 is 0 Å². The second-order valence-corrected chi connectivity index (χ2v) is 7.37. The summed E-state index contributed by atoms with van der Waals surface area (Å²) in [6.07, 6.45) is 0. The molecule has 0 aliphatic carbocycles. The molecule has 0 atom stereocenters. The molecule has 2 aromatic rings. The molecule has 3 amide bonds. The van der Waals surface area contributed by atoms with E-state index in [9.17, 15) is 14.4 Å². The van der Waals surface area contributed by atoms with Gasteiger partial charge in [0.1, 0.15) is 12.3 Å². The van der Waals surface area contributed by atoms with Crippen LogP contribution in [0.1, 0.15) is 35.3 Å². The first-order valence-corrected chi connectivity index (χ1v) is 9.50. The number of fused-ring (bicyclic) bond motifs is 1. The molecule has 7 nitrogen and oxygen atoms in total. The highest BCUT2D eigenvalue weighted by Crippen LogP contribution is 2.33. The van der Waals surface area contributed by atoms with Crippen LogP contribution in [0.2, 0.25) is 0 Å². The number of amides is 3. The number of nitrogens with one attached hydrogen (secondary N) is 2. The zero-order valence-corrected chi connectivity index (χ0v) is 17.0. The maximum absolute atomic E-state index is 12.8. The zero-order valence-electron chi connectivity index (χ0n) is 17.0. The summed E-state index contributed by atoms with van der Waals surface area (Å²) < 4.78 is 5.46. The molecule has 0 fully saturated rings. The van der Waals surface area contributed by atoms with Gasteiger partial charge in [0.15, 0.2) is 6.61 Å². The first kappa shape index (κ1) is 20.4. The van der Waals surface area contributed by atoms with Crippen molar-refractivity contribution in [3.63, 3.8) is 0 Å². The van der Waals surface area contributed by atoms with Crippen LogP contribution < -0.4 is 20.3 Å². The highest BCUT2D eigenvalue weighted by Gasteiger charge is 2.28. The molecule has 0 aromatic heterocycles. The maximum atomic E-state index is 12.8. The summed E-state index contributed by atoms with van der Waals surface area (Å²) in [4.78, 5) is 38.7. The maximum Gasteiger partial charge on any atom is 0.265 e. The normalized spacial score (nSPS) is 13.0. The van der Waals surface area contributed by atoms with Gasteiger partial charge in [-0.2, -0.15) is 0 Å². The van der Waals surface area contributed by atoms with E-state index in [1.54, 1.807) is 18.2 Å². The Morgan fingerprint density at radius 1 is 1.17 bits per heavy atom. The summed E-state index contributed by atoms with van der Waals surface area (Å²) >= 11 is 0. The van der Waals surface area contributed by atoms with Crippen LogP contribution in [-0.2, 0) is 9.59 Å². The molecular formula is C22H25N3O4. The molecule has 0 bridgehead atoms. The van der Waals surface area contributed by atoms with E-state index in [4.69, 9.17) is 4.74 Å². The molecule has 1 heterocycles. The monoisotopic (exact) mass is 395 g/mol. The number of anilines is 2. The van der Waals surface area contributed by atoms with E-state index in [0.717, 1.165) is 16.8 Å². The first-order valence-electron chi connectivity index (χ1n) is 9.50. The van der Waals surface area contributed by atoms with Crippen LogP contribution in [0, 0.1) is 13.8 Å². The fraction of sp³-hybridized carbons (Fsp3) is 0.318. The molecule has 0 radical (unpaired) electrons. The van der Waals surface area contributed by atoms with Crippen molar-refractivity contribution in [2.45, 2.75) is 33.7 Å². The van der Waals surface area contributed by atoms with Crippen molar-refractivity contribution in [2.24, 2.45) is 0 Å². The lowest BCUT2D eigenvalue weighted by molar-refractivity contribution is -0.125. The predicted molar refractivity (Wildman–Crippen MR) is 111 cm³/mol. The van der Waals surface area contributed by atoms with E-state index in [-0.39, 0.29) is 36.9 Å². The Labute approximate surface area is 170 Å². The molecular weight excluding hydrogens is 370 g/mol. The van der Waals surface area contributed by atoms with Crippen LogP contribution in [0.25, 0.3) is 0 Å². The minimum atomic E-state index is -0.330. The molecule has 1 aliphatic heterocycles. The summed E-state index contributed by atoms with van der Waals surface area (Å²) in [6, 6.07) is 10.5. The van der Waals surface area contributed by atoms with E-state index < -0.39 is 0 Å². The quantitative estimate of drug-likeness (QED) is 0.815. The predicted octanol–water partition coefficient (Wildman–Crippen LogP) is 2.81. The Morgan fingerprint density at radius 2 is 1.93 bits per heavy atom. The van der Waals surface area contributed by atoms with Gasteiger partial charge in [-0.1, -0.05) is 12.1 Å². The lowest BCUT2D eigenvalue weighted by atomic mass is 10.1. The molecule has 2 aromatic carbocycles. The third kappa shape index (κ3) is 4.56. The van der Waals surface area contributed by atoms with Crippen LogP contribution in [-0.4, -0.2) is 36.9 Å². The second kappa shape index (κ2) is 8.34. The Hall–Kier alpha value is -3.35. The standard InChI is InChI=1S/C22H25N3O4/c1-13(2)23-20(26)11-25-18-10-16(8-9-19(18)29-12-21(25)27)22(28)24-17-7-5-6-14(3)15(17)4/h5-10,13H,11-12H2,1-4H3,(H,23,26)(H,24,28). The number of carbonyl (C=O) groups is 3. The van der Waals surface area contributed by atoms with Crippen LogP contribution in [0.3, 0.4) is 0 Å². The van der Waals surface area contributed by atoms with Crippen LogP contribution in [0.5, 0.6) is 5.75 Å². The summed E-state index contributed by atoms with van der Waals surface area (Å²) in [7, 11) is 0. The Bertz CT molecular complexity index is 969. The first-order chi connectivity index (χ1) is 13.8. The zero-order chi connectivity index (χ0) is 21.1. The number of carbonyl (C=O) groups excluding carboxylic acids is 3. The van der Waals surface area contributed by atoms with Gasteiger partial charge in [-0.05, 0) is 63.1 Å². The fourth-order valence-corrected chi connectivity index (χ4v) is 3.11. The summed E-state index contributed by atoms with van der Waals surface area (Å²) in [5.41, 5.74) is 3.58. The Kier molecular flexibility index (Phi) is 5.87. The molecule has 0 unspecified atom stereocenters. The molecule has 2 N–H and O–H groups in total. The summed E-state index contributed by atoms with van der Waals surface area (Å²) in [5.74, 6) is -0.439. The van der Waals surface area contributed by atoms with Gasteiger partial charge in [-0.3, -0.25) is 19.3 Å². The number of hydrogen-bond donors (Lipinski definition) is 2. The van der Waals surface area contributed by atoms with Crippen LogP contribution >= 0.6 is 0 Å². The lowest BCUT2D eigenvalue weighted by Gasteiger charge is -2.29. The van der Waals surface area contributed by atoms with E-state index in [1.807, 2.05) is 45.9 Å². The summed E-state index contributed by atoms with van der Waals surface area (Å²) in [5, 5.41) is 5.67. The highest BCUT2D eigenvalue weighted by molar-refractivity contribution is 6.08. The topological polar surface area (TPSA) is 87.7 Å². The smallest absolute Gasteiger partial charge is 0.265 e. The number of aryl methyl sites for hydroxylation is 1. The summed E-state index contributed by atoms with van der Waals surface area (Å²) in [6.45, 7) is 7.35. The van der Waals surface area contributed by atoms with E-state index in [0.29, 0.717) is 17.0 Å². The van der Waals surface area contributed by atoms with E-state index in [1.165, 1.54) is 4.90 Å². The van der Waals surface area contributed by atoms with Gasteiger partial charge in [0.2, 0.25) is 5.91 Å². The SMILES string of the molecule is Cc1cccc(NC(=O)c2ccc3c(c2)N(CC(=O)NC(C)C)C(=O)CO3)c1C. The van der Waals surface area contributed by atoms with Gasteiger partial charge in [-0.15, -0.1) is 0 Å². The average Bonchev–Trinajstić information content (AvgIpc) is 2.66. The number of rotatable bonds is 5. The fourth-order valence-electron chi connectivity index (χ4n) is 3.11. The van der Waals surface area contributed by atoms with Gasteiger partial charge >= 0.3 is 0 Å². The number of hydrogen-bond acceptors (Lipinski definition) is 4. The second-order valence-electron chi connectivity index (χ2n) is 7.37. The third-order valence-corrected chi connectivity index (χ3v) is 4.77. The Balaban J connectivity index is 1.86. The van der Waals surface area contributed by atoms with Crippen molar-refractivity contribution in [1.82, 2.24) is 5.32 Å². The molecule has 0 saturated carbocycles. The molecule has 0 spiro atoms. The molecule has 0 saturated heterocycles. The molecule has 3 rings (SSSR count). The number of nitrogens with zero attached hydrogens (tertiary/aromatic N) is 1. The Morgan fingerprint density at radius 3 is 2.66 bits per heavy atom. The third-order valence-electron chi connectivity index (χ3n) is 4.77. The lowest BCUT2D eigenvalue weighted by Crippen LogP contribution is -2.46. The van der Waals surface area contributed by atoms with Crippen molar-refractivity contribution in [1.29, 1.82) is 0 Å². The minimum Gasteiger partial charge on any atom is -0.482 e. The molecule has 1 aliphatic rings. The van der Waals surface area contributed by atoms with Crippen molar-refractivity contribution < 1.29 is 19.1 Å². The van der Waals surface area contributed by atoms with Crippen LogP contribution in [0.15, 0.2) is 36.4 Å². The van der Waals surface area contributed by atoms with E-state index in [2.05, 4.69) is 10.6 Å². The number of ether oxygens (including phenoxy) is 1. The van der Waals surface area contributed by atoms with Crippen molar-refractivity contribution >= 4 is 29.1 Å². The van der Waals surface area contributed by atoms with Crippen molar-refractivity contribution in [3.05, 3.63) is 53.1 Å². The van der Waals surface area contributed by atoms with Gasteiger partial charge in [0.25, 0.3) is 11.8 Å². The van der Waals surface area contributed by atoms with Crippen LogP contribution in [0.4, 0.5) is 11.4 Å². The largest absolute Gasteiger partial charge is 0.482 e. The average molecular weight is 395 g/mol. The number of benzene rings is 2. The molecule has 152 valence electrons. The van der Waals surface area contributed by atoms with Gasteiger partial charge < -0.3 is 15.4 Å².